The molecule has 2 amide bonds. The normalized spacial score (nSPS) is 13.8. The van der Waals surface area contributed by atoms with Crippen LogP contribution >= 0.6 is 34.8 Å². The smallest absolute Gasteiger partial charge is 0.277 e. The number of rotatable bonds is 5. The van der Waals surface area contributed by atoms with Gasteiger partial charge < -0.3 is 15.5 Å². The average Bonchev–Trinajstić information content (AvgIpc) is 3.02. The minimum absolute atomic E-state index is 0.0262. The number of halogens is 3. The number of imide groups is 1. The zero-order chi connectivity index (χ0) is 22.3. The molecule has 0 aliphatic carbocycles. The first-order chi connectivity index (χ1) is 14.8. The molecule has 0 radical (unpaired) electrons. The summed E-state index contributed by atoms with van der Waals surface area (Å²) in [4.78, 5) is 25.6. The Bertz CT molecular complexity index is 1270. The van der Waals surface area contributed by atoms with Crippen molar-refractivity contribution in [1.82, 2.24) is 4.90 Å². The van der Waals surface area contributed by atoms with Gasteiger partial charge in [-0.15, -0.1) is 0 Å². The van der Waals surface area contributed by atoms with Crippen LogP contribution in [0.15, 0.2) is 54.2 Å². The number of nitrogens with one attached hydrogen (secondary N) is 1. The summed E-state index contributed by atoms with van der Waals surface area (Å²) in [6, 6.07) is 12.3. The number of carbonyl (C=O) groups is 2. The molecule has 0 atom stereocenters. The van der Waals surface area contributed by atoms with Crippen molar-refractivity contribution in [3.63, 3.8) is 0 Å². The molecule has 0 spiro atoms. The number of aliphatic hydroxyl groups excluding tert-OH is 1. The summed E-state index contributed by atoms with van der Waals surface area (Å²) in [6.07, 6.45) is 1.11. The first-order valence-corrected chi connectivity index (χ1v) is 10.3. The number of β-amino-alcohol motifs (C(OH)–C–C–N with tert-alkyl or cyclic N) is 1. The van der Waals surface area contributed by atoms with E-state index >= 15 is 0 Å². The number of carbonyl (C=O) groups excluding carboxylic acids is 2. The molecule has 0 unspecified atom stereocenters. The molecule has 0 aromatic heterocycles. The number of anilines is 1. The number of phenolic OH excluding ortho intramolecular Hbond substituents is 1. The van der Waals surface area contributed by atoms with Gasteiger partial charge in [0, 0.05) is 17.2 Å². The van der Waals surface area contributed by atoms with E-state index in [0.717, 1.165) is 21.7 Å². The molecule has 3 N–H and O–H groups in total. The lowest BCUT2D eigenvalue weighted by atomic mass is 9.95. The van der Waals surface area contributed by atoms with E-state index in [1.165, 1.54) is 6.07 Å². The number of fused-ring (bicyclic) bond motifs is 1. The summed E-state index contributed by atoms with van der Waals surface area (Å²) in [5.74, 6) is -1.21. The number of amides is 2. The van der Waals surface area contributed by atoms with Crippen LogP contribution in [0.2, 0.25) is 15.1 Å². The van der Waals surface area contributed by atoms with Crippen molar-refractivity contribution in [2.45, 2.75) is 0 Å². The fourth-order valence-corrected chi connectivity index (χ4v) is 4.15. The Morgan fingerprint density at radius 2 is 1.74 bits per heavy atom. The largest absolute Gasteiger partial charge is 0.507 e. The van der Waals surface area contributed by atoms with Gasteiger partial charge in [0.25, 0.3) is 11.8 Å². The molecular weight excluding hydrogens is 463 g/mol. The maximum atomic E-state index is 12.6. The Hall–Kier alpha value is -2.77. The summed E-state index contributed by atoms with van der Waals surface area (Å²) >= 11 is 19.0. The fraction of sp³-hybridized carbons (Fsp3) is 0.0909. The van der Waals surface area contributed by atoms with Crippen LogP contribution in [0.5, 0.6) is 5.75 Å². The number of aromatic hydroxyl groups is 1. The predicted octanol–water partition coefficient (Wildman–Crippen LogP) is 4.83. The number of phenols is 1. The second-order valence-electron chi connectivity index (χ2n) is 6.79. The standard InChI is InChI=1S/C22H15Cl3N2O4/c23-14-9-13(18-12-4-2-1-3-11(12)5-6-16(18)29)21(20(25)19(14)24)26-15-10-17(30)27(7-8-28)22(15)31/h1-6,9-10,26,28-29H,7-8H2. The minimum Gasteiger partial charge on any atom is -0.507 e. The van der Waals surface area contributed by atoms with Crippen molar-refractivity contribution in [2.24, 2.45) is 0 Å². The van der Waals surface area contributed by atoms with E-state index in [0.29, 0.717) is 11.1 Å². The molecule has 1 aliphatic heterocycles. The second kappa shape index (κ2) is 8.40. The van der Waals surface area contributed by atoms with E-state index in [4.69, 9.17) is 39.9 Å². The zero-order valence-electron chi connectivity index (χ0n) is 15.8. The Morgan fingerprint density at radius 1 is 1.00 bits per heavy atom. The lowest BCUT2D eigenvalue weighted by molar-refractivity contribution is -0.137. The van der Waals surface area contributed by atoms with Crippen LogP contribution in [-0.2, 0) is 9.59 Å². The average molecular weight is 478 g/mol. The van der Waals surface area contributed by atoms with Gasteiger partial charge in [0.2, 0.25) is 0 Å². The SMILES string of the molecule is O=C1C=C(Nc2c(-c3c(O)ccc4ccccc34)cc(Cl)c(Cl)c2Cl)C(=O)N1CCO. The van der Waals surface area contributed by atoms with Crippen molar-refractivity contribution in [1.29, 1.82) is 0 Å². The molecule has 4 rings (SSSR count). The highest BCUT2D eigenvalue weighted by atomic mass is 35.5. The van der Waals surface area contributed by atoms with E-state index in [9.17, 15) is 14.7 Å². The van der Waals surface area contributed by atoms with E-state index in [-0.39, 0.29) is 45.4 Å². The third-order valence-electron chi connectivity index (χ3n) is 4.93. The van der Waals surface area contributed by atoms with E-state index in [2.05, 4.69) is 5.32 Å². The lowest BCUT2D eigenvalue weighted by Crippen LogP contribution is -2.34. The Balaban J connectivity index is 1.91. The first-order valence-electron chi connectivity index (χ1n) is 9.17. The van der Waals surface area contributed by atoms with Gasteiger partial charge in [-0.2, -0.15) is 0 Å². The van der Waals surface area contributed by atoms with E-state index in [1.54, 1.807) is 12.1 Å². The predicted molar refractivity (Wildman–Crippen MR) is 122 cm³/mol. The highest BCUT2D eigenvalue weighted by Crippen LogP contribution is 2.48. The molecule has 0 fully saturated rings. The van der Waals surface area contributed by atoms with Crippen LogP contribution in [0.1, 0.15) is 0 Å². The third kappa shape index (κ3) is 3.72. The summed E-state index contributed by atoms with van der Waals surface area (Å²) in [5.41, 5.74) is 1.00. The van der Waals surface area contributed by atoms with Gasteiger partial charge in [0.1, 0.15) is 11.4 Å². The highest BCUT2D eigenvalue weighted by Gasteiger charge is 2.32. The Labute approximate surface area is 192 Å². The van der Waals surface area contributed by atoms with Crippen LogP contribution in [-0.4, -0.2) is 40.1 Å². The second-order valence-corrected chi connectivity index (χ2v) is 7.95. The molecule has 1 aliphatic rings. The number of nitrogens with zero attached hydrogens (tertiary/aromatic N) is 1. The monoisotopic (exact) mass is 476 g/mol. The summed E-state index contributed by atoms with van der Waals surface area (Å²) in [5, 5.41) is 24.5. The van der Waals surface area contributed by atoms with Gasteiger partial charge in [0.05, 0.1) is 33.9 Å². The molecule has 0 saturated carbocycles. The molecule has 6 nitrogen and oxygen atoms in total. The van der Waals surface area contributed by atoms with Crippen molar-refractivity contribution < 1.29 is 19.8 Å². The van der Waals surface area contributed by atoms with Crippen LogP contribution in [0.25, 0.3) is 21.9 Å². The number of hydrogen-bond donors (Lipinski definition) is 3. The highest BCUT2D eigenvalue weighted by molar-refractivity contribution is 6.50. The van der Waals surface area contributed by atoms with Crippen molar-refractivity contribution in [2.75, 3.05) is 18.5 Å². The maximum Gasteiger partial charge on any atom is 0.277 e. The molecule has 0 saturated heterocycles. The van der Waals surface area contributed by atoms with Crippen LogP contribution in [0.4, 0.5) is 5.69 Å². The molecule has 9 heteroatoms. The van der Waals surface area contributed by atoms with Gasteiger partial charge in [-0.3, -0.25) is 14.5 Å². The molecule has 0 bridgehead atoms. The van der Waals surface area contributed by atoms with Gasteiger partial charge in [-0.05, 0) is 22.9 Å². The quantitative estimate of drug-likeness (QED) is 0.362. The Morgan fingerprint density at radius 3 is 2.48 bits per heavy atom. The summed E-state index contributed by atoms with van der Waals surface area (Å²) < 4.78 is 0. The Kier molecular flexibility index (Phi) is 5.81. The first kappa shape index (κ1) is 21.5. The van der Waals surface area contributed by atoms with Crippen molar-refractivity contribution in [3.05, 3.63) is 69.3 Å². The van der Waals surface area contributed by atoms with Crippen LogP contribution in [0.3, 0.4) is 0 Å². The molecular formula is C22H15Cl3N2O4. The molecule has 3 aromatic rings. The number of benzene rings is 3. The molecule has 1 heterocycles. The number of aliphatic hydroxyl groups is 1. The maximum absolute atomic E-state index is 12.6. The van der Waals surface area contributed by atoms with Crippen molar-refractivity contribution in [3.8, 4) is 16.9 Å². The molecule has 158 valence electrons. The third-order valence-corrected chi connectivity index (χ3v) is 6.19. The molecule has 3 aromatic carbocycles. The van der Waals surface area contributed by atoms with Crippen LogP contribution < -0.4 is 5.32 Å². The van der Waals surface area contributed by atoms with Gasteiger partial charge in [-0.25, -0.2) is 0 Å². The van der Waals surface area contributed by atoms with E-state index in [1.807, 2.05) is 24.3 Å². The minimum atomic E-state index is -0.616. The lowest BCUT2D eigenvalue weighted by Gasteiger charge is -2.19. The zero-order valence-corrected chi connectivity index (χ0v) is 18.1. The number of hydrogen-bond acceptors (Lipinski definition) is 5. The summed E-state index contributed by atoms with van der Waals surface area (Å²) in [6.45, 7) is -0.493. The van der Waals surface area contributed by atoms with Gasteiger partial charge in [0.15, 0.2) is 0 Å². The van der Waals surface area contributed by atoms with E-state index < -0.39 is 11.8 Å². The van der Waals surface area contributed by atoms with Gasteiger partial charge in [-0.1, -0.05) is 65.1 Å². The van der Waals surface area contributed by atoms with Gasteiger partial charge >= 0.3 is 0 Å². The molecule has 31 heavy (non-hydrogen) atoms. The van der Waals surface area contributed by atoms with Crippen LogP contribution in [0, 0.1) is 0 Å². The summed E-state index contributed by atoms with van der Waals surface area (Å²) in [7, 11) is 0. The topological polar surface area (TPSA) is 89.9 Å². The van der Waals surface area contributed by atoms with Crippen molar-refractivity contribution >= 4 is 63.1 Å². The fourth-order valence-electron chi connectivity index (χ4n) is 3.50.